The number of nitrogens with zero attached hydrogens (tertiary/aromatic N) is 1. The maximum Gasteiger partial charge on any atom is 0.416 e. The van der Waals surface area contributed by atoms with Crippen molar-refractivity contribution in [2.75, 3.05) is 17.7 Å². The van der Waals surface area contributed by atoms with Crippen molar-refractivity contribution in [1.82, 2.24) is 4.98 Å². The van der Waals surface area contributed by atoms with E-state index in [1.54, 1.807) is 7.05 Å². The maximum absolute atomic E-state index is 12.9. The van der Waals surface area contributed by atoms with Gasteiger partial charge in [-0.25, -0.2) is 4.98 Å². The number of nitrogens with one attached hydrogen (secondary N) is 2. The minimum absolute atomic E-state index is 0.166. The van der Waals surface area contributed by atoms with E-state index in [9.17, 15) is 13.2 Å². The summed E-state index contributed by atoms with van der Waals surface area (Å²) in [5.74, 6) is 0.510. The summed E-state index contributed by atoms with van der Waals surface area (Å²) in [6, 6.07) is 2.11. The smallest absolute Gasteiger partial charge is 0.373 e. The van der Waals surface area contributed by atoms with Gasteiger partial charge >= 0.3 is 6.18 Å². The predicted octanol–water partition coefficient (Wildman–Crippen LogP) is 4.28. The standard InChI is InChI=1S/C14H20F3N3/c1-13(6-4-3-5-7-13)20-12-9-10(14(15,16)17)8-11(18-2)19-12/h8-9H,3-7H2,1-2H3,(H2,18,19,20). The molecule has 20 heavy (non-hydrogen) atoms. The highest BCUT2D eigenvalue weighted by atomic mass is 19.4. The second kappa shape index (κ2) is 5.50. The molecule has 0 aromatic carbocycles. The molecule has 2 rings (SSSR count). The normalized spacial score (nSPS) is 18.6. The van der Waals surface area contributed by atoms with Crippen molar-refractivity contribution in [1.29, 1.82) is 0 Å². The number of rotatable bonds is 3. The lowest BCUT2D eigenvalue weighted by Gasteiger charge is -2.35. The number of hydrogen-bond acceptors (Lipinski definition) is 3. The van der Waals surface area contributed by atoms with Crippen molar-refractivity contribution in [2.24, 2.45) is 0 Å². The molecule has 112 valence electrons. The number of anilines is 2. The van der Waals surface area contributed by atoms with Crippen LogP contribution in [0.3, 0.4) is 0 Å². The zero-order valence-corrected chi connectivity index (χ0v) is 11.8. The number of alkyl halides is 3. The highest BCUT2D eigenvalue weighted by Gasteiger charge is 2.33. The molecule has 1 saturated carbocycles. The first kappa shape index (κ1) is 14.9. The van der Waals surface area contributed by atoms with Crippen molar-refractivity contribution in [3.63, 3.8) is 0 Å². The SMILES string of the molecule is CNc1cc(C(F)(F)F)cc(NC2(C)CCCCC2)n1. The van der Waals surface area contributed by atoms with Crippen LogP contribution < -0.4 is 10.6 Å². The van der Waals surface area contributed by atoms with Crippen LogP contribution in [0.1, 0.15) is 44.6 Å². The summed E-state index contributed by atoms with van der Waals surface area (Å²) in [6.45, 7) is 2.05. The lowest BCUT2D eigenvalue weighted by atomic mass is 9.83. The Morgan fingerprint density at radius 1 is 1.10 bits per heavy atom. The van der Waals surface area contributed by atoms with E-state index in [2.05, 4.69) is 15.6 Å². The number of halogens is 3. The summed E-state index contributed by atoms with van der Waals surface area (Å²) >= 11 is 0. The fourth-order valence-electron chi connectivity index (χ4n) is 2.65. The molecule has 0 amide bonds. The number of hydrogen-bond donors (Lipinski definition) is 2. The van der Waals surface area contributed by atoms with Crippen molar-refractivity contribution in [3.05, 3.63) is 17.7 Å². The molecule has 0 atom stereocenters. The predicted molar refractivity (Wildman–Crippen MR) is 73.9 cm³/mol. The molecule has 1 aromatic rings. The third-order valence-corrected chi connectivity index (χ3v) is 3.80. The first-order chi connectivity index (χ1) is 9.32. The Bertz CT molecular complexity index is 465. The van der Waals surface area contributed by atoms with Crippen LogP contribution in [-0.2, 0) is 6.18 Å². The van der Waals surface area contributed by atoms with Gasteiger partial charge in [0.05, 0.1) is 5.56 Å². The topological polar surface area (TPSA) is 37.0 Å². The molecule has 0 unspecified atom stereocenters. The van der Waals surface area contributed by atoms with E-state index >= 15 is 0 Å². The van der Waals surface area contributed by atoms with Crippen molar-refractivity contribution in [2.45, 2.75) is 50.7 Å². The van der Waals surface area contributed by atoms with Crippen molar-refractivity contribution >= 4 is 11.6 Å². The van der Waals surface area contributed by atoms with Gasteiger partial charge in [-0.05, 0) is 31.9 Å². The number of aromatic nitrogens is 1. The Hall–Kier alpha value is -1.46. The van der Waals surface area contributed by atoms with Crippen LogP contribution in [0.25, 0.3) is 0 Å². The van der Waals surface area contributed by atoms with Gasteiger partial charge in [-0.15, -0.1) is 0 Å². The second-order valence-electron chi connectivity index (χ2n) is 5.62. The van der Waals surface area contributed by atoms with Crippen LogP contribution >= 0.6 is 0 Å². The molecule has 1 fully saturated rings. The van der Waals surface area contributed by atoms with Gasteiger partial charge in [-0.2, -0.15) is 13.2 Å². The summed E-state index contributed by atoms with van der Waals surface area (Å²) < 4.78 is 38.6. The molecule has 0 radical (unpaired) electrons. The Kier molecular flexibility index (Phi) is 4.11. The van der Waals surface area contributed by atoms with E-state index in [1.165, 1.54) is 6.42 Å². The fraction of sp³-hybridized carbons (Fsp3) is 0.643. The first-order valence-corrected chi connectivity index (χ1v) is 6.88. The van der Waals surface area contributed by atoms with Gasteiger partial charge in [-0.1, -0.05) is 19.3 Å². The van der Waals surface area contributed by atoms with E-state index in [0.29, 0.717) is 0 Å². The molecule has 1 aromatic heterocycles. The largest absolute Gasteiger partial charge is 0.416 e. The second-order valence-corrected chi connectivity index (χ2v) is 5.62. The van der Waals surface area contributed by atoms with Crippen LogP contribution in [-0.4, -0.2) is 17.6 Å². The van der Waals surface area contributed by atoms with E-state index in [0.717, 1.165) is 37.8 Å². The Labute approximate surface area is 117 Å². The maximum atomic E-state index is 12.9. The highest BCUT2D eigenvalue weighted by molar-refractivity contribution is 5.50. The molecule has 0 bridgehead atoms. The summed E-state index contributed by atoms with van der Waals surface area (Å²) in [4.78, 5) is 4.18. The monoisotopic (exact) mass is 287 g/mol. The van der Waals surface area contributed by atoms with Gasteiger partial charge in [0.15, 0.2) is 0 Å². The molecule has 1 aliphatic rings. The van der Waals surface area contributed by atoms with Gasteiger partial charge in [-0.3, -0.25) is 0 Å². The zero-order chi connectivity index (χ0) is 14.8. The first-order valence-electron chi connectivity index (χ1n) is 6.88. The molecule has 0 aliphatic heterocycles. The van der Waals surface area contributed by atoms with Gasteiger partial charge in [0.1, 0.15) is 11.6 Å². The van der Waals surface area contributed by atoms with E-state index < -0.39 is 11.7 Å². The lowest BCUT2D eigenvalue weighted by Crippen LogP contribution is -2.37. The zero-order valence-electron chi connectivity index (χ0n) is 11.8. The summed E-state index contributed by atoms with van der Waals surface area (Å²) in [7, 11) is 1.56. The molecule has 3 nitrogen and oxygen atoms in total. The van der Waals surface area contributed by atoms with E-state index in [1.807, 2.05) is 6.92 Å². The third kappa shape index (κ3) is 3.55. The Morgan fingerprint density at radius 3 is 2.25 bits per heavy atom. The summed E-state index contributed by atoms with van der Waals surface area (Å²) in [5, 5.41) is 5.87. The van der Waals surface area contributed by atoms with Gasteiger partial charge < -0.3 is 10.6 Å². The molecule has 1 aliphatic carbocycles. The minimum atomic E-state index is -4.36. The van der Waals surface area contributed by atoms with Crippen LogP contribution in [0.2, 0.25) is 0 Å². The molecular formula is C14H20F3N3. The minimum Gasteiger partial charge on any atom is -0.373 e. The fourth-order valence-corrected chi connectivity index (χ4v) is 2.65. The molecule has 2 N–H and O–H groups in total. The lowest BCUT2D eigenvalue weighted by molar-refractivity contribution is -0.137. The molecule has 1 heterocycles. The average molecular weight is 287 g/mol. The molecule has 0 saturated heterocycles. The van der Waals surface area contributed by atoms with Crippen molar-refractivity contribution < 1.29 is 13.2 Å². The molecular weight excluding hydrogens is 267 g/mol. The summed E-state index contributed by atoms with van der Waals surface area (Å²) in [6.07, 6.45) is 0.940. The Balaban J connectivity index is 2.26. The van der Waals surface area contributed by atoms with Gasteiger partial charge in [0.25, 0.3) is 0 Å². The van der Waals surface area contributed by atoms with E-state index in [4.69, 9.17) is 0 Å². The molecule has 6 heteroatoms. The average Bonchev–Trinajstić information content (AvgIpc) is 2.37. The van der Waals surface area contributed by atoms with Gasteiger partial charge in [0, 0.05) is 12.6 Å². The van der Waals surface area contributed by atoms with Gasteiger partial charge in [0.2, 0.25) is 0 Å². The summed E-state index contributed by atoms with van der Waals surface area (Å²) in [5.41, 5.74) is -0.848. The van der Waals surface area contributed by atoms with E-state index in [-0.39, 0.29) is 17.2 Å². The van der Waals surface area contributed by atoms with Crippen molar-refractivity contribution in [3.8, 4) is 0 Å². The highest BCUT2D eigenvalue weighted by Crippen LogP contribution is 2.35. The molecule has 0 spiro atoms. The quantitative estimate of drug-likeness (QED) is 0.871. The third-order valence-electron chi connectivity index (χ3n) is 3.80. The van der Waals surface area contributed by atoms with Crippen LogP contribution in [0.5, 0.6) is 0 Å². The number of pyridine rings is 1. The van der Waals surface area contributed by atoms with Crippen LogP contribution in [0, 0.1) is 0 Å². The van der Waals surface area contributed by atoms with Crippen LogP contribution in [0.4, 0.5) is 24.8 Å². The van der Waals surface area contributed by atoms with Crippen LogP contribution in [0.15, 0.2) is 12.1 Å². The Morgan fingerprint density at radius 2 is 1.70 bits per heavy atom.